The molecule has 2 aromatic carbocycles. The quantitative estimate of drug-likeness (QED) is 0.352. The van der Waals surface area contributed by atoms with E-state index >= 15 is 4.39 Å². The molecule has 36 heavy (non-hydrogen) atoms. The van der Waals surface area contributed by atoms with Crippen molar-refractivity contribution in [3.05, 3.63) is 101 Å². The first kappa shape index (κ1) is 25.7. The van der Waals surface area contributed by atoms with E-state index < -0.39 is 35.3 Å². The fourth-order valence-electron chi connectivity index (χ4n) is 3.80. The predicted octanol–water partition coefficient (Wildman–Crippen LogP) is 3.07. The van der Waals surface area contributed by atoms with Gasteiger partial charge in [-0.3, -0.25) is 4.90 Å². The lowest BCUT2D eigenvalue weighted by Gasteiger charge is -2.36. The molecule has 0 aliphatic carbocycles. The van der Waals surface area contributed by atoms with Crippen molar-refractivity contribution >= 4 is 23.6 Å². The molecule has 0 spiro atoms. The molecule has 0 bridgehead atoms. The number of nitriles is 1. The summed E-state index contributed by atoms with van der Waals surface area (Å²) in [6.45, 7) is 3.37. The van der Waals surface area contributed by atoms with Crippen LogP contribution in [0.1, 0.15) is 21.8 Å². The summed E-state index contributed by atoms with van der Waals surface area (Å²) in [7, 11) is 2.18. The van der Waals surface area contributed by atoms with Gasteiger partial charge in [0.25, 0.3) is 0 Å². The number of esters is 3. The van der Waals surface area contributed by atoms with Crippen LogP contribution in [0.5, 0.6) is 0 Å². The zero-order valence-corrected chi connectivity index (χ0v) is 19.5. The van der Waals surface area contributed by atoms with E-state index in [1.165, 1.54) is 18.2 Å². The number of allylic oxidation sites excluding steroid dienone is 1. The maximum Gasteiger partial charge on any atom is 0.355 e. The molecule has 1 atom stereocenters. The van der Waals surface area contributed by atoms with Crippen molar-refractivity contribution in [3.63, 3.8) is 0 Å². The van der Waals surface area contributed by atoms with E-state index in [1.54, 1.807) is 30.3 Å². The summed E-state index contributed by atoms with van der Waals surface area (Å²) >= 11 is 0. The fourth-order valence-corrected chi connectivity index (χ4v) is 3.80. The van der Waals surface area contributed by atoms with Crippen LogP contribution in [0.4, 0.5) is 10.1 Å². The van der Waals surface area contributed by atoms with E-state index in [1.807, 2.05) is 6.07 Å². The SMILES string of the molecule is C=CCOC(=O)c1ccc(N2C(N)=C(C#N)C(c3ccccc3)C(C(=O)OC)=C2C(=O)OC)c(F)c1. The summed E-state index contributed by atoms with van der Waals surface area (Å²) in [6.07, 6.45) is 1.36. The molecule has 1 heterocycles. The number of methoxy groups -OCH3 is 2. The normalized spacial score (nSPS) is 15.2. The van der Waals surface area contributed by atoms with Gasteiger partial charge in [-0.2, -0.15) is 5.26 Å². The molecule has 184 valence electrons. The zero-order chi connectivity index (χ0) is 26.4. The van der Waals surface area contributed by atoms with E-state index in [0.29, 0.717) is 5.56 Å². The lowest BCUT2D eigenvalue weighted by Crippen LogP contribution is -2.41. The molecule has 1 unspecified atom stereocenters. The number of ether oxygens (including phenoxy) is 3. The van der Waals surface area contributed by atoms with Crippen LogP contribution in [0.2, 0.25) is 0 Å². The van der Waals surface area contributed by atoms with Crippen LogP contribution in [0, 0.1) is 17.1 Å². The highest BCUT2D eigenvalue weighted by atomic mass is 19.1. The molecule has 0 aromatic heterocycles. The fraction of sp³-hybridized carbons (Fsp3) is 0.154. The van der Waals surface area contributed by atoms with E-state index in [4.69, 9.17) is 19.9 Å². The van der Waals surface area contributed by atoms with Crippen LogP contribution in [0.25, 0.3) is 0 Å². The predicted molar refractivity (Wildman–Crippen MR) is 126 cm³/mol. The van der Waals surface area contributed by atoms with Crippen LogP contribution >= 0.6 is 0 Å². The first-order chi connectivity index (χ1) is 17.3. The van der Waals surface area contributed by atoms with Crippen molar-refractivity contribution in [1.29, 1.82) is 5.26 Å². The summed E-state index contributed by atoms with van der Waals surface area (Å²) in [5.41, 5.74) is 5.55. The van der Waals surface area contributed by atoms with Gasteiger partial charge in [0, 0.05) is 0 Å². The Morgan fingerprint density at radius 3 is 2.33 bits per heavy atom. The number of carbonyl (C=O) groups is 3. The second-order valence-electron chi connectivity index (χ2n) is 7.39. The third kappa shape index (κ3) is 4.67. The lowest BCUT2D eigenvalue weighted by atomic mass is 9.81. The number of halogens is 1. The minimum Gasteiger partial charge on any atom is -0.466 e. The highest BCUT2D eigenvalue weighted by Gasteiger charge is 2.43. The zero-order valence-electron chi connectivity index (χ0n) is 19.5. The molecular formula is C26H22FN3O6. The smallest absolute Gasteiger partial charge is 0.355 e. The van der Waals surface area contributed by atoms with Crippen LogP contribution < -0.4 is 10.6 Å². The minimum absolute atomic E-state index is 0.0753. The molecule has 1 aliphatic rings. The topological polar surface area (TPSA) is 132 Å². The standard InChI is InChI=1S/C26H22FN3O6/c1-4-12-36-24(31)16-10-11-19(18(27)13-16)30-22(26(33)35-3)21(25(32)34-2)20(17(14-28)23(30)29)15-8-6-5-7-9-15/h4-11,13,20H,1,12,29H2,2-3H3. The van der Waals surface area contributed by atoms with E-state index in [0.717, 1.165) is 25.2 Å². The molecule has 0 saturated carbocycles. The third-order valence-corrected chi connectivity index (χ3v) is 5.37. The van der Waals surface area contributed by atoms with Gasteiger partial charge in [0.1, 0.15) is 23.9 Å². The number of carbonyl (C=O) groups excluding carboxylic acids is 3. The monoisotopic (exact) mass is 491 g/mol. The van der Waals surface area contributed by atoms with E-state index in [2.05, 4.69) is 6.58 Å². The van der Waals surface area contributed by atoms with Crippen LogP contribution in [-0.4, -0.2) is 38.7 Å². The van der Waals surface area contributed by atoms with Crippen LogP contribution in [-0.2, 0) is 23.8 Å². The average Bonchev–Trinajstić information content (AvgIpc) is 2.90. The average molecular weight is 491 g/mol. The Kier molecular flexibility index (Phi) is 7.86. The number of hydrogen-bond donors (Lipinski definition) is 1. The molecule has 10 heteroatoms. The summed E-state index contributed by atoms with van der Waals surface area (Å²) < 4.78 is 30.1. The molecule has 0 fully saturated rings. The molecule has 0 saturated heterocycles. The van der Waals surface area contributed by atoms with E-state index in [-0.39, 0.29) is 34.8 Å². The van der Waals surface area contributed by atoms with Crippen molar-refractivity contribution in [2.24, 2.45) is 5.73 Å². The number of benzene rings is 2. The minimum atomic E-state index is -1.09. The number of rotatable bonds is 7. The number of hydrogen-bond acceptors (Lipinski definition) is 9. The lowest BCUT2D eigenvalue weighted by molar-refractivity contribution is -0.139. The van der Waals surface area contributed by atoms with Gasteiger partial charge in [-0.25, -0.2) is 18.8 Å². The van der Waals surface area contributed by atoms with Gasteiger partial charge < -0.3 is 19.9 Å². The second-order valence-corrected chi connectivity index (χ2v) is 7.39. The summed E-state index contributed by atoms with van der Waals surface area (Å²) in [6, 6.07) is 13.7. The van der Waals surface area contributed by atoms with Crippen molar-refractivity contribution < 1.29 is 33.0 Å². The van der Waals surface area contributed by atoms with Gasteiger partial charge in [0.2, 0.25) is 0 Å². The van der Waals surface area contributed by atoms with Gasteiger partial charge in [-0.05, 0) is 23.8 Å². The first-order valence-corrected chi connectivity index (χ1v) is 10.5. The number of nitrogens with two attached hydrogens (primary N) is 1. The van der Waals surface area contributed by atoms with Gasteiger partial charge in [-0.1, -0.05) is 43.0 Å². The van der Waals surface area contributed by atoms with Crippen LogP contribution in [0.15, 0.2) is 83.9 Å². The van der Waals surface area contributed by atoms with Crippen LogP contribution in [0.3, 0.4) is 0 Å². The molecule has 1 aliphatic heterocycles. The maximum absolute atomic E-state index is 15.4. The van der Waals surface area contributed by atoms with Gasteiger partial charge in [0.15, 0.2) is 0 Å². The first-order valence-electron chi connectivity index (χ1n) is 10.5. The van der Waals surface area contributed by atoms with Gasteiger partial charge in [-0.15, -0.1) is 0 Å². The Hall–Kier alpha value is -4.91. The second kappa shape index (κ2) is 11.0. The summed E-state index contributed by atoms with van der Waals surface area (Å²) in [5, 5.41) is 10.0. The summed E-state index contributed by atoms with van der Waals surface area (Å²) in [4.78, 5) is 39.1. The molecule has 9 nitrogen and oxygen atoms in total. The Labute approximate surface area is 206 Å². The highest BCUT2D eigenvalue weighted by molar-refractivity contribution is 6.06. The number of anilines is 1. The Morgan fingerprint density at radius 1 is 1.11 bits per heavy atom. The van der Waals surface area contributed by atoms with Crippen molar-refractivity contribution in [3.8, 4) is 6.07 Å². The highest BCUT2D eigenvalue weighted by Crippen LogP contribution is 2.43. The van der Waals surface area contributed by atoms with Crippen molar-refractivity contribution in [2.75, 3.05) is 25.7 Å². The molecule has 3 rings (SSSR count). The molecule has 2 N–H and O–H groups in total. The molecular weight excluding hydrogens is 469 g/mol. The largest absolute Gasteiger partial charge is 0.466 e. The van der Waals surface area contributed by atoms with Crippen molar-refractivity contribution in [1.82, 2.24) is 0 Å². The van der Waals surface area contributed by atoms with Gasteiger partial charge >= 0.3 is 17.9 Å². The van der Waals surface area contributed by atoms with E-state index in [9.17, 15) is 19.6 Å². The maximum atomic E-state index is 15.4. The summed E-state index contributed by atoms with van der Waals surface area (Å²) in [5.74, 6) is -5.15. The Morgan fingerprint density at radius 2 is 1.78 bits per heavy atom. The number of nitrogens with zero attached hydrogens (tertiary/aromatic N) is 2. The molecule has 0 radical (unpaired) electrons. The Balaban J connectivity index is 2.31. The third-order valence-electron chi connectivity index (χ3n) is 5.37. The molecule has 0 amide bonds. The Bertz CT molecular complexity index is 1330. The molecule has 2 aromatic rings. The van der Waals surface area contributed by atoms with Crippen molar-refractivity contribution in [2.45, 2.75) is 5.92 Å². The van der Waals surface area contributed by atoms with Gasteiger partial charge in [0.05, 0.1) is 48.6 Å².